The van der Waals surface area contributed by atoms with Crippen molar-refractivity contribution >= 4 is 28.5 Å². The van der Waals surface area contributed by atoms with Crippen LogP contribution in [-0.4, -0.2) is 56.9 Å². The van der Waals surface area contributed by atoms with Crippen molar-refractivity contribution in [1.82, 2.24) is 20.5 Å². The van der Waals surface area contributed by atoms with Gasteiger partial charge >= 0.3 is 0 Å². The van der Waals surface area contributed by atoms with Gasteiger partial charge in [-0.25, -0.2) is 4.98 Å². The molecule has 0 radical (unpaired) electrons. The maximum Gasteiger partial charge on any atom is 0.240 e. The van der Waals surface area contributed by atoms with E-state index >= 15 is 0 Å². The summed E-state index contributed by atoms with van der Waals surface area (Å²) in [5.74, 6) is 0.0491. The lowest BCUT2D eigenvalue weighted by molar-refractivity contribution is -0.125. The predicted molar refractivity (Wildman–Crippen MR) is 136 cm³/mol. The molecule has 3 heterocycles. The van der Waals surface area contributed by atoms with Gasteiger partial charge in [0.15, 0.2) is 5.65 Å². The monoisotopic (exact) mass is 491 g/mol. The maximum absolute atomic E-state index is 13.4. The maximum atomic E-state index is 13.4. The summed E-state index contributed by atoms with van der Waals surface area (Å²) in [7, 11) is 0. The molecule has 1 fully saturated rings. The van der Waals surface area contributed by atoms with Crippen LogP contribution in [0, 0.1) is 0 Å². The van der Waals surface area contributed by atoms with E-state index in [4.69, 9.17) is 4.74 Å². The molecule has 1 aliphatic carbocycles. The van der Waals surface area contributed by atoms with E-state index in [9.17, 15) is 14.7 Å². The van der Waals surface area contributed by atoms with E-state index < -0.39 is 5.60 Å². The van der Waals surface area contributed by atoms with Gasteiger partial charge in [0.05, 0.1) is 30.0 Å². The van der Waals surface area contributed by atoms with Crippen molar-refractivity contribution in [2.75, 3.05) is 18.0 Å². The fourth-order valence-electron chi connectivity index (χ4n) is 5.14. The molecule has 3 aromatic rings. The van der Waals surface area contributed by atoms with Gasteiger partial charge in [-0.15, -0.1) is 0 Å². The summed E-state index contributed by atoms with van der Waals surface area (Å²) >= 11 is 0. The van der Waals surface area contributed by atoms with Crippen molar-refractivity contribution in [2.45, 2.75) is 69.5 Å². The Hall–Kier alpha value is -3.46. The van der Waals surface area contributed by atoms with Gasteiger partial charge in [-0.05, 0) is 56.2 Å². The lowest BCUT2D eigenvalue weighted by Gasteiger charge is -2.36. The third-order valence-corrected chi connectivity index (χ3v) is 7.32. The summed E-state index contributed by atoms with van der Waals surface area (Å²) in [6.45, 7) is 2.30. The SMILES string of the molecule is CCCC(CCC1C(=O)N(CC(=O)NCC2(O)CCC2)c2ccccc21)Oc1cnc2[nH]ncc2c1. The quantitative estimate of drug-likeness (QED) is 0.378. The number of ether oxygens (including phenoxy) is 1. The molecule has 9 nitrogen and oxygen atoms in total. The average Bonchev–Trinajstić information content (AvgIpc) is 3.42. The molecule has 0 spiro atoms. The minimum Gasteiger partial charge on any atom is -0.489 e. The summed E-state index contributed by atoms with van der Waals surface area (Å²) in [5.41, 5.74) is 1.66. The van der Waals surface area contributed by atoms with Crippen molar-refractivity contribution in [1.29, 1.82) is 0 Å². The molecule has 2 atom stereocenters. The van der Waals surface area contributed by atoms with Gasteiger partial charge in [0, 0.05) is 17.6 Å². The zero-order chi connectivity index (χ0) is 25.1. The Morgan fingerprint density at radius 3 is 2.92 bits per heavy atom. The number of anilines is 1. The van der Waals surface area contributed by atoms with Crippen LogP contribution in [0.15, 0.2) is 42.7 Å². The van der Waals surface area contributed by atoms with Gasteiger partial charge in [0.1, 0.15) is 12.3 Å². The van der Waals surface area contributed by atoms with E-state index in [-0.39, 0.29) is 36.9 Å². The number of benzene rings is 1. The molecule has 3 N–H and O–H groups in total. The molecule has 0 saturated heterocycles. The number of aromatic amines is 1. The van der Waals surface area contributed by atoms with Crippen LogP contribution in [0.2, 0.25) is 0 Å². The van der Waals surface area contributed by atoms with Crippen LogP contribution in [0.3, 0.4) is 0 Å². The first kappa shape index (κ1) is 24.2. The number of aromatic nitrogens is 3. The Bertz CT molecular complexity index is 1240. The largest absolute Gasteiger partial charge is 0.489 e. The molecular formula is C27H33N5O4. The van der Waals surface area contributed by atoms with Crippen LogP contribution in [0.4, 0.5) is 5.69 Å². The van der Waals surface area contributed by atoms with Crippen LogP contribution in [0.1, 0.15) is 63.4 Å². The summed E-state index contributed by atoms with van der Waals surface area (Å²) in [5, 5.41) is 20.8. The second kappa shape index (κ2) is 10.3. The molecule has 1 aliphatic heterocycles. The van der Waals surface area contributed by atoms with E-state index in [1.54, 1.807) is 17.3 Å². The Morgan fingerprint density at radius 2 is 2.14 bits per heavy atom. The minimum atomic E-state index is -0.795. The summed E-state index contributed by atoms with van der Waals surface area (Å²) in [6.07, 6.45) is 8.89. The second-order valence-corrected chi connectivity index (χ2v) is 9.98. The Morgan fingerprint density at radius 1 is 1.31 bits per heavy atom. The lowest BCUT2D eigenvalue weighted by atomic mass is 9.80. The normalized spacial score (nSPS) is 19.1. The Balaban J connectivity index is 1.23. The molecule has 5 rings (SSSR count). The zero-order valence-corrected chi connectivity index (χ0v) is 20.6. The Kier molecular flexibility index (Phi) is 6.91. The average molecular weight is 492 g/mol. The molecule has 1 aromatic carbocycles. The highest BCUT2D eigenvalue weighted by molar-refractivity contribution is 6.07. The molecule has 1 saturated carbocycles. The smallest absolute Gasteiger partial charge is 0.240 e. The summed E-state index contributed by atoms with van der Waals surface area (Å²) < 4.78 is 6.27. The van der Waals surface area contributed by atoms with Crippen LogP contribution in [0.5, 0.6) is 5.75 Å². The summed E-state index contributed by atoms with van der Waals surface area (Å²) in [4.78, 5) is 32.0. The van der Waals surface area contributed by atoms with Gasteiger partial charge in [-0.3, -0.25) is 14.7 Å². The number of para-hydroxylation sites is 1. The van der Waals surface area contributed by atoms with E-state index in [1.165, 1.54) is 0 Å². The first-order valence-corrected chi connectivity index (χ1v) is 12.8. The number of carbonyl (C=O) groups is 2. The second-order valence-electron chi connectivity index (χ2n) is 9.98. The number of nitrogens with zero attached hydrogens (tertiary/aromatic N) is 3. The lowest BCUT2D eigenvalue weighted by Crippen LogP contribution is -2.50. The number of fused-ring (bicyclic) bond motifs is 2. The number of hydrogen-bond donors (Lipinski definition) is 3. The van der Waals surface area contributed by atoms with Crippen molar-refractivity contribution in [3.05, 3.63) is 48.3 Å². The third-order valence-electron chi connectivity index (χ3n) is 7.32. The third kappa shape index (κ3) is 5.06. The highest BCUT2D eigenvalue weighted by Crippen LogP contribution is 2.40. The number of amides is 2. The number of hydrogen-bond acceptors (Lipinski definition) is 6. The highest BCUT2D eigenvalue weighted by Gasteiger charge is 2.39. The van der Waals surface area contributed by atoms with E-state index in [0.717, 1.165) is 35.9 Å². The molecule has 36 heavy (non-hydrogen) atoms. The molecule has 2 aliphatic rings. The number of aliphatic hydroxyl groups is 1. The first-order chi connectivity index (χ1) is 17.5. The van der Waals surface area contributed by atoms with Gasteiger partial charge in [-0.1, -0.05) is 31.5 Å². The molecular weight excluding hydrogens is 458 g/mol. The van der Waals surface area contributed by atoms with Crippen molar-refractivity contribution in [3.63, 3.8) is 0 Å². The number of H-pyrrole nitrogens is 1. The fourth-order valence-corrected chi connectivity index (χ4v) is 5.14. The van der Waals surface area contributed by atoms with Crippen molar-refractivity contribution in [3.8, 4) is 5.75 Å². The first-order valence-electron chi connectivity index (χ1n) is 12.8. The number of nitrogens with one attached hydrogen (secondary N) is 2. The molecule has 2 amide bonds. The van der Waals surface area contributed by atoms with Crippen molar-refractivity contribution < 1.29 is 19.4 Å². The number of pyridine rings is 1. The van der Waals surface area contributed by atoms with Gasteiger partial charge < -0.3 is 20.1 Å². The Labute approximate surface area is 210 Å². The summed E-state index contributed by atoms with van der Waals surface area (Å²) in [6, 6.07) is 9.61. The minimum absolute atomic E-state index is 0.0479. The number of carbonyl (C=O) groups excluding carboxylic acids is 2. The predicted octanol–water partition coefficient (Wildman–Crippen LogP) is 3.45. The number of rotatable bonds is 11. The molecule has 2 unspecified atom stereocenters. The van der Waals surface area contributed by atoms with Crippen LogP contribution in [-0.2, 0) is 9.59 Å². The highest BCUT2D eigenvalue weighted by atomic mass is 16.5. The van der Waals surface area contributed by atoms with Crippen LogP contribution in [0.25, 0.3) is 11.0 Å². The fraction of sp³-hybridized carbons (Fsp3) is 0.481. The topological polar surface area (TPSA) is 120 Å². The van der Waals surface area contributed by atoms with Gasteiger partial charge in [0.25, 0.3) is 0 Å². The van der Waals surface area contributed by atoms with E-state index in [0.29, 0.717) is 37.1 Å². The molecule has 190 valence electrons. The zero-order valence-electron chi connectivity index (χ0n) is 20.6. The van der Waals surface area contributed by atoms with Gasteiger partial charge in [0.2, 0.25) is 11.8 Å². The van der Waals surface area contributed by atoms with Crippen LogP contribution >= 0.6 is 0 Å². The van der Waals surface area contributed by atoms with Crippen molar-refractivity contribution in [2.24, 2.45) is 0 Å². The van der Waals surface area contributed by atoms with E-state index in [2.05, 4.69) is 27.4 Å². The molecule has 0 bridgehead atoms. The van der Waals surface area contributed by atoms with Gasteiger partial charge in [-0.2, -0.15) is 5.10 Å². The molecule has 2 aromatic heterocycles. The standard InChI is InChI=1S/C27H33N5O4/c1-2-6-19(36-20-13-18-14-30-31-25(18)28-15-20)9-10-22-21-7-3-4-8-23(21)32(26(22)34)16-24(33)29-17-27(35)11-5-12-27/h3-4,7-8,13-15,19,22,35H,2,5-6,9-12,16-17H2,1H3,(H,29,33)(H,28,30,31). The van der Waals surface area contributed by atoms with E-state index in [1.807, 2.05) is 30.3 Å². The molecule has 9 heteroatoms. The van der Waals surface area contributed by atoms with Crippen LogP contribution < -0.4 is 15.0 Å².